The molecular weight excluding hydrogens is 457 g/mol. The van der Waals surface area contributed by atoms with Crippen LogP contribution in [0.4, 0.5) is 0 Å². The van der Waals surface area contributed by atoms with Gasteiger partial charge in [0.25, 0.3) is 16.6 Å². The zero-order valence-electron chi connectivity index (χ0n) is 20.8. The van der Waals surface area contributed by atoms with Gasteiger partial charge >= 0.3 is 0 Å². The first-order valence-electron chi connectivity index (χ1n) is 11.9. The van der Waals surface area contributed by atoms with E-state index < -0.39 is 16.6 Å². The van der Waals surface area contributed by atoms with Crippen LogP contribution in [0.3, 0.4) is 0 Å². The van der Waals surface area contributed by atoms with E-state index in [0.717, 1.165) is 11.1 Å². The minimum absolute atomic E-state index is 1.01. The van der Waals surface area contributed by atoms with Crippen molar-refractivity contribution < 1.29 is 4.12 Å². The Bertz CT molecular complexity index is 1270. The van der Waals surface area contributed by atoms with Crippen molar-refractivity contribution in [3.05, 3.63) is 120 Å². The standard InChI is InChI=1S/C32H30OSi2/c1-34(2,25-23-27-15-19-31(20-16-27)29-11-7-5-8-12-29)33-35(3,4)26-24-28-17-21-32(22-18-28)30-13-9-6-10-14-30/h5-22H,1-4H3. The van der Waals surface area contributed by atoms with Crippen molar-refractivity contribution in [1.82, 2.24) is 0 Å². The molecule has 0 unspecified atom stereocenters. The first-order chi connectivity index (χ1) is 16.8. The van der Waals surface area contributed by atoms with Crippen molar-refractivity contribution >= 4 is 16.6 Å². The van der Waals surface area contributed by atoms with Crippen LogP contribution in [0.1, 0.15) is 11.1 Å². The summed E-state index contributed by atoms with van der Waals surface area (Å²) >= 11 is 0. The summed E-state index contributed by atoms with van der Waals surface area (Å²) in [6.07, 6.45) is 0. The Balaban J connectivity index is 1.41. The fraction of sp³-hybridized carbons (Fsp3) is 0.125. The molecule has 0 aliphatic rings. The number of benzene rings is 4. The lowest BCUT2D eigenvalue weighted by Gasteiger charge is -2.26. The van der Waals surface area contributed by atoms with Gasteiger partial charge in [0, 0.05) is 11.1 Å². The average Bonchev–Trinajstić information content (AvgIpc) is 2.87. The molecule has 0 radical (unpaired) electrons. The largest absolute Gasteiger partial charge is 0.438 e. The van der Waals surface area contributed by atoms with Crippen LogP contribution in [0.5, 0.6) is 0 Å². The van der Waals surface area contributed by atoms with Gasteiger partial charge in [-0.1, -0.05) is 108 Å². The summed E-state index contributed by atoms with van der Waals surface area (Å²) in [7, 11) is -4.38. The summed E-state index contributed by atoms with van der Waals surface area (Å²) in [5, 5.41) is 0. The molecule has 0 amide bonds. The van der Waals surface area contributed by atoms with Gasteiger partial charge in [-0.2, -0.15) is 0 Å². The maximum atomic E-state index is 6.59. The van der Waals surface area contributed by atoms with Crippen LogP contribution < -0.4 is 0 Å². The summed E-state index contributed by atoms with van der Waals surface area (Å²) in [5.74, 6) is 6.69. The molecular formula is C32H30OSi2. The Hall–Kier alpha value is -3.61. The van der Waals surface area contributed by atoms with Gasteiger partial charge in [0.15, 0.2) is 0 Å². The van der Waals surface area contributed by atoms with Crippen molar-refractivity contribution in [2.24, 2.45) is 0 Å². The second kappa shape index (κ2) is 10.8. The lowest BCUT2D eigenvalue weighted by molar-refractivity contribution is 0.576. The van der Waals surface area contributed by atoms with Crippen LogP contribution in [0.2, 0.25) is 26.2 Å². The van der Waals surface area contributed by atoms with Crippen molar-refractivity contribution in [2.45, 2.75) is 26.2 Å². The van der Waals surface area contributed by atoms with Crippen LogP contribution in [0, 0.1) is 22.9 Å². The minimum Gasteiger partial charge on any atom is -0.438 e. The Labute approximate surface area is 212 Å². The molecule has 0 aromatic heterocycles. The Morgan fingerprint density at radius 1 is 0.429 bits per heavy atom. The minimum atomic E-state index is -2.19. The fourth-order valence-corrected chi connectivity index (χ4v) is 10.3. The summed E-state index contributed by atoms with van der Waals surface area (Å²) < 4.78 is 6.59. The van der Waals surface area contributed by atoms with Gasteiger partial charge in [0.2, 0.25) is 0 Å². The summed E-state index contributed by atoms with van der Waals surface area (Å²) in [6, 6.07) is 37.6. The molecule has 0 spiro atoms. The number of hydrogen-bond donors (Lipinski definition) is 0. The van der Waals surface area contributed by atoms with E-state index in [9.17, 15) is 0 Å². The molecule has 0 saturated heterocycles. The molecule has 4 rings (SSSR count). The second-order valence-corrected chi connectivity index (χ2v) is 16.9. The molecule has 4 aromatic carbocycles. The highest BCUT2D eigenvalue weighted by Crippen LogP contribution is 2.20. The predicted molar refractivity (Wildman–Crippen MR) is 154 cm³/mol. The number of rotatable bonds is 4. The third kappa shape index (κ3) is 7.19. The van der Waals surface area contributed by atoms with E-state index in [1.165, 1.54) is 22.3 Å². The van der Waals surface area contributed by atoms with Gasteiger partial charge in [0.05, 0.1) is 0 Å². The first-order valence-corrected chi connectivity index (χ1v) is 17.7. The molecule has 4 aromatic rings. The van der Waals surface area contributed by atoms with Crippen molar-refractivity contribution in [1.29, 1.82) is 0 Å². The van der Waals surface area contributed by atoms with E-state index in [1.54, 1.807) is 0 Å². The van der Waals surface area contributed by atoms with Crippen LogP contribution in [0.25, 0.3) is 22.3 Å². The molecule has 0 saturated carbocycles. The molecule has 1 nitrogen and oxygen atoms in total. The normalized spacial score (nSPS) is 11.1. The zero-order chi connectivity index (χ0) is 24.7. The van der Waals surface area contributed by atoms with E-state index in [-0.39, 0.29) is 0 Å². The van der Waals surface area contributed by atoms with Crippen molar-refractivity contribution in [2.75, 3.05) is 0 Å². The van der Waals surface area contributed by atoms with Gasteiger partial charge in [-0.25, -0.2) is 0 Å². The molecule has 0 bridgehead atoms. The Kier molecular flexibility index (Phi) is 7.54. The number of hydrogen-bond acceptors (Lipinski definition) is 1. The van der Waals surface area contributed by atoms with Crippen LogP contribution in [-0.4, -0.2) is 16.6 Å². The highest BCUT2D eigenvalue weighted by Gasteiger charge is 2.31. The van der Waals surface area contributed by atoms with Crippen LogP contribution >= 0.6 is 0 Å². The smallest absolute Gasteiger partial charge is 0.256 e. The quantitative estimate of drug-likeness (QED) is 0.210. The molecule has 3 heteroatoms. The van der Waals surface area contributed by atoms with Crippen molar-refractivity contribution in [3.63, 3.8) is 0 Å². The second-order valence-electron chi connectivity index (χ2n) is 9.51. The zero-order valence-corrected chi connectivity index (χ0v) is 22.8. The molecule has 0 fully saturated rings. The van der Waals surface area contributed by atoms with Crippen molar-refractivity contribution in [3.8, 4) is 45.2 Å². The Morgan fingerprint density at radius 2 is 0.743 bits per heavy atom. The summed E-state index contributed by atoms with van der Waals surface area (Å²) in [4.78, 5) is 0. The third-order valence-electron chi connectivity index (χ3n) is 5.51. The van der Waals surface area contributed by atoms with E-state index in [2.05, 4.69) is 146 Å². The van der Waals surface area contributed by atoms with E-state index >= 15 is 0 Å². The predicted octanol–water partition coefficient (Wildman–Crippen LogP) is 7.93. The van der Waals surface area contributed by atoms with E-state index in [4.69, 9.17) is 4.12 Å². The lowest BCUT2D eigenvalue weighted by Crippen LogP contribution is -2.43. The average molecular weight is 487 g/mol. The van der Waals surface area contributed by atoms with Gasteiger partial charge in [0.1, 0.15) is 0 Å². The SMILES string of the molecule is C[Si](C)(C#Cc1ccc(-c2ccccc2)cc1)O[Si](C)(C)C#Cc1ccc(-c2ccccc2)cc1. The lowest BCUT2D eigenvalue weighted by atomic mass is 10.0. The maximum Gasteiger partial charge on any atom is 0.256 e. The van der Waals surface area contributed by atoms with Gasteiger partial charge in [-0.05, 0) is 72.7 Å². The third-order valence-corrected chi connectivity index (χ3v) is 11.0. The van der Waals surface area contributed by atoms with Crippen LogP contribution in [-0.2, 0) is 4.12 Å². The molecule has 0 N–H and O–H groups in total. The van der Waals surface area contributed by atoms with Gasteiger partial charge < -0.3 is 4.12 Å². The van der Waals surface area contributed by atoms with E-state index in [1.807, 2.05) is 12.1 Å². The monoisotopic (exact) mass is 486 g/mol. The van der Waals surface area contributed by atoms with Gasteiger partial charge in [-0.3, -0.25) is 0 Å². The van der Waals surface area contributed by atoms with E-state index in [0.29, 0.717) is 0 Å². The molecule has 0 aliphatic heterocycles. The summed E-state index contributed by atoms with van der Waals surface area (Å²) in [6.45, 7) is 8.62. The van der Waals surface area contributed by atoms with Gasteiger partial charge in [-0.15, -0.1) is 0 Å². The maximum absolute atomic E-state index is 6.59. The molecule has 35 heavy (non-hydrogen) atoms. The fourth-order valence-electron chi connectivity index (χ4n) is 3.89. The topological polar surface area (TPSA) is 9.23 Å². The van der Waals surface area contributed by atoms with Crippen LogP contribution in [0.15, 0.2) is 109 Å². The highest BCUT2D eigenvalue weighted by molar-refractivity contribution is 6.92. The molecule has 172 valence electrons. The Morgan fingerprint density at radius 3 is 1.09 bits per heavy atom. The highest BCUT2D eigenvalue weighted by atomic mass is 28.4. The first kappa shape index (κ1) is 24.5. The molecule has 0 aliphatic carbocycles. The molecule has 0 atom stereocenters. The summed E-state index contributed by atoms with van der Waals surface area (Å²) in [5.41, 5.74) is 13.7. The molecule has 0 heterocycles.